The quantitative estimate of drug-likeness (QED) is 0.370. The Bertz CT molecular complexity index is 444. The third-order valence-corrected chi connectivity index (χ3v) is 6.41. The third kappa shape index (κ3) is 5.96. The summed E-state index contributed by atoms with van der Waals surface area (Å²) >= 11 is 0. The lowest BCUT2D eigenvalue weighted by Crippen LogP contribution is -2.51. The van der Waals surface area contributed by atoms with Gasteiger partial charge in [-0.3, -0.25) is 4.99 Å². The van der Waals surface area contributed by atoms with Crippen LogP contribution in [0.15, 0.2) is 4.99 Å². The van der Waals surface area contributed by atoms with Crippen molar-refractivity contribution >= 4 is 29.9 Å². The lowest BCUT2D eigenvalue weighted by molar-refractivity contribution is -0.0567. The van der Waals surface area contributed by atoms with Gasteiger partial charge in [0.2, 0.25) is 0 Å². The van der Waals surface area contributed by atoms with E-state index >= 15 is 0 Å². The molecule has 2 heterocycles. The van der Waals surface area contributed by atoms with E-state index in [1.807, 2.05) is 0 Å². The van der Waals surface area contributed by atoms with Gasteiger partial charge in [-0.15, -0.1) is 24.0 Å². The smallest absolute Gasteiger partial charge is 0.194 e. The molecule has 2 N–H and O–H groups in total. The van der Waals surface area contributed by atoms with Crippen LogP contribution in [0.25, 0.3) is 0 Å². The molecule has 0 amide bonds. The number of nitrogens with zero attached hydrogens (tertiary/aromatic N) is 2. The van der Waals surface area contributed by atoms with Crippen LogP contribution < -0.4 is 5.32 Å². The molecule has 0 radical (unpaired) electrons. The molecule has 3 rings (SSSR count). The van der Waals surface area contributed by atoms with E-state index in [0.29, 0.717) is 38.0 Å². The summed E-state index contributed by atoms with van der Waals surface area (Å²) < 4.78 is 5.39. The first-order valence-corrected chi connectivity index (χ1v) is 10.5. The van der Waals surface area contributed by atoms with Crippen molar-refractivity contribution in [2.45, 2.75) is 76.7 Å². The first kappa shape index (κ1) is 22.2. The van der Waals surface area contributed by atoms with Crippen molar-refractivity contribution < 1.29 is 9.84 Å². The molecule has 0 aromatic rings. The average molecular weight is 479 g/mol. The molecule has 0 unspecified atom stereocenters. The number of rotatable bonds is 3. The third-order valence-electron chi connectivity index (χ3n) is 6.41. The SMILES string of the molecule is CCNC(=NCC1(O)CCOCC1)N1CCCC2(CCCCCC2)C1.I. The Morgan fingerprint density at radius 1 is 1.04 bits per heavy atom. The van der Waals surface area contributed by atoms with Crippen molar-refractivity contribution in [3.05, 3.63) is 0 Å². The van der Waals surface area contributed by atoms with Gasteiger partial charge in [-0.25, -0.2) is 0 Å². The van der Waals surface area contributed by atoms with E-state index in [0.717, 1.165) is 25.6 Å². The minimum atomic E-state index is -0.686. The monoisotopic (exact) mass is 479 g/mol. The average Bonchev–Trinajstić information content (AvgIpc) is 2.85. The largest absolute Gasteiger partial charge is 0.388 e. The number of guanidine groups is 1. The highest BCUT2D eigenvalue weighted by Gasteiger charge is 2.37. The number of ether oxygens (including phenoxy) is 1. The Morgan fingerprint density at radius 3 is 2.35 bits per heavy atom. The van der Waals surface area contributed by atoms with Crippen LogP contribution in [0.5, 0.6) is 0 Å². The Balaban J connectivity index is 0.00000243. The normalized spacial score (nSPS) is 26.1. The Hall–Kier alpha value is -0.0800. The maximum Gasteiger partial charge on any atom is 0.194 e. The van der Waals surface area contributed by atoms with Gasteiger partial charge in [-0.2, -0.15) is 0 Å². The fourth-order valence-corrected chi connectivity index (χ4v) is 4.83. The molecule has 26 heavy (non-hydrogen) atoms. The maximum atomic E-state index is 10.7. The van der Waals surface area contributed by atoms with Crippen molar-refractivity contribution in [1.29, 1.82) is 0 Å². The van der Waals surface area contributed by atoms with Crippen LogP contribution in [0.4, 0.5) is 0 Å². The van der Waals surface area contributed by atoms with Crippen LogP contribution in [-0.2, 0) is 4.74 Å². The predicted octanol–water partition coefficient (Wildman–Crippen LogP) is 3.55. The molecule has 5 nitrogen and oxygen atoms in total. The predicted molar refractivity (Wildman–Crippen MR) is 117 cm³/mol. The number of piperidine rings is 1. The highest BCUT2D eigenvalue weighted by atomic mass is 127. The fraction of sp³-hybridized carbons (Fsp3) is 0.950. The first-order valence-electron chi connectivity index (χ1n) is 10.5. The van der Waals surface area contributed by atoms with E-state index in [2.05, 4.69) is 17.1 Å². The van der Waals surface area contributed by atoms with E-state index in [4.69, 9.17) is 9.73 Å². The maximum absolute atomic E-state index is 10.7. The zero-order valence-corrected chi connectivity index (χ0v) is 18.8. The molecule has 2 aliphatic heterocycles. The van der Waals surface area contributed by atoms with E-state index in [1.54, 1.807) is 0 Å². The molecule has 1 aliphatic carbocycles. The van der Waals surface area contributed by atoms with Crippen molar-refractivity contribution in [3.8, 4) is 0 Å². The molecule has 6 heteroatoms. The van der Waals surface area contributed by atoms with Gasteiger partial charge in [-0.05, 0) is 38.0 Å². The molecular formula is C20H38IN3O2. The van der Waals surface area contributed by atoms with E-state index < -0.39 is 5.60 Å². The second-order valence-corrected chi connectivity index (χ2v) is 8.45. The van der Waals surface area contributed by atoms with Crippen molar-refractivity contribution in [2.24, 2.45) is 10.4 Å². The lowest BCUT2D eigenvalue weighted by Gasteiger charge is -2.44. The number of aliphatic imine (C=N–C) groups is 1. The van der Waals surface area contributed by atoms with Crippen LogP contribution in [0.2, 0.25) is 0 Å². The van der Waals surface area contributed by atoms with Gasteiger partial charge in [0.1, 0.15) is 0 Å². The second-order valence-electron chi connectivity index (χ2n) is 8.45. The van der Waals surface area contributed by atoms with Gasteiger partial charge in [0.25, 0.3) is 0 Å². The summed E-state index contributed by atoms with van der Waals surface area (Å²) in [6, 6.07) is 0. The van der Waals surface area contributed by atoms with Crippen LogP contribution in [0.3, 0.4) is 0 Å². The lowest BCUT2D eigenvalue weighted by atomic mass is 9.74. The number of likely N-dealkylation sites (tertiary alicyclic amines) is 1. The Morgan fingerprint density at radius 2 is 1.69 bits per heavy atom. The zero-order valence-electron chi connectivity index (χ0n) is 16.5. The summed E-state index contributed by atoms with van der Waals surface area (Å²) in [6.45, 7) is 7.02. The summed E-state index contributed by atoms with van der Waals surface area (Å²) in [5.41, 5.74) is -0.185. The number of hydrogen-bond acceptors (Lipinski definition) is 3. The minimum absolute atomic E-state index is 0. The molecule has 152 valence electrons. The topological polar surface area (TPSA) is 57.1 Å². The summed E-state index contributed by atoms with van der Waals surface area (Å²) in [7, 11) is 0. The molecule has 3 aliphatic rings. The molecule has 0 aromatic carbocycles. The molecular weight excluding hydrogens is 441 g/mol. The van der Waals surface area contributed by atoms with Crippen molar-refractivity contribution in [1.82, 2.24) is 10.2 Å². The van der Waals surface area contributed by atoms with Crippen LogP contribution in [-0.4, -0.2) is 61.0 Å². The van der Waals surface area contributed by atoms with E-state index in [-0.39, 0.29) is 24.0 Å². The molecule has 2 saturated heterocycles. The Kier molecular flexibility index (Phi) is 8.94. The van der Waals surface area contributed by atoms with Crippen LogP contribution >= 0.6 is 24.0 Å². The summed E-state index contributed by atoms with van der Waals surface area (Å²) in [4.78, 5) is 7.33. The minimum Gasteiger partial charge on any atom is -0.388 e. The van der Waals surface area contributed by atoms with Gasteiger partial charge >= 0.3 is 0 Å². The molecule has 1 saturated carbocycles. The van der Waals surface area contributed by atoms with Crippen molar-refractivity contribution in [3.63, 3.8) is 0 Å². The van der Waals surface area contributed by atoms with Gasteiger partial charge in [0.05, 0.1) is 12.1 Å². The van der Waals surface area contributed by atoms with Crippen LogP contribution in [0, 0.1) is 5.41 Å². The standard InChI is InChI=1S/C20H37N3O2.HI/c1-2-21-18(22-16-20(24)11-14-25-15-12-20)23-13-7-10-19(17-23)8-5-3-4-6-9-19;/h24H,2-17H2,1H3,(H,21,22);1H. The number of halogens is 1. The molecule has 1 spiro atoms. The van der Waals surface area contributed by atoms with Gasteiger partial charge in [-0.1, -0.05) is 25.7 Å². The summed E-state index contributed by atoms with van der Waals surface area (Å²) in [6.07, 6.45) is 12.4. The summed E-state index contributed by atoms with van der Waals surface area (Å²) in [5.74, 6) is 1.01. The first-order chi connectivity index (χ1) is 12.1. The fourth-order valence-electron chi connectivity index (χ4n) is 4.83. The highest BCUT2D eigenvalue weighted by Crippen LogP contribution is 2.42. The number of hydrogen-bond donors (Lipinski definition) is 2. The van der Waals surface area contributed by atoms with Crippen LogP contribution in [0.1, 0.15) is 71.1 Å². The zero-order chi connectivity index (χ0) is 17.6. The Labute approximate surface area is 176 Å². The van der Waals surface area contributed by atoms with E-state index in [9.17, 15) is 5.11 Å². The number of nitrogens with one attached hydrogen (secondary N) is 1. The second kappa shape index (κ2) is 10.5. The summed E-state index contributed by atoms with van der Waals surface area (Å²) in [5, 5.41) is 14.2. The van der Waals surface area contributed by atoms with Gasteiger partial charge in [0.15, 0.2) is 5.96 Å². The molecule has 0 atom stereocenters. The number of aliphatic hydroxyl groups is 1. The van der Waals surface area contributed by atoms with Gasteiger partial charge in [0, 0.05) is 45.7 Å². The molecule has 0 aromatic heterocycles. The van der Waals surface area contributed by atoms with Gasteiger partial charge < -0.3 is 20.1 Å². The van der Waals surface area contributed by atoms with Crippen molar-refractivity contribution in [2.75, 3.05) is 39.4 Å². The molecule has 3 fully saturated rings. The van der Waals surface area contributed by atoms with E-state index in [1.165, 1.54) is 51.4 Å². The highest BCUT2D eigenvalue weighted by molar-refractivity contribution is 14.0. The molecule has 0 bridgehead atoms.